The maximum absolute atomic E-state index is 11.4. The number of aliphatic imine (C=N–C) groups is 1. The Bertz CT molecular complexity index is 559. The average Bonchev–Trinajstić information content (AvgIpc) is 2.45. The second-order valence-corrected chi connectivity index (χ2v) is 4.21. The Labute approximate surface area is 112 Å². The van der Waals surface area contributed by atoms with Crippen molar-refractivity contribution in [3.05, 3.63) is 71.3 Å². The lowest BCUT2D eigenvalue weighted by Gasteiger charge is -2.00. The highest BCUT2D eigenvalue weighted by atomic mass is 16.5. The van der Waals surface area contributed by atoms with Crippen molar-refractivity contribution in [3.8, 4) is 0 Å². The zero-order valence-corrected chi connectivity index (χ0v) is 10.7. The number of carbonyl (C=O) groups excluding carboxylic acids is 1. The van der Waals surface area contributed by atoms with Crippen LogP contribution in [-0.2, 0) is 11.3 Å². The molecule has 0 heterocycles. The van der Waals surface area contributed by atoms with Crippen LogP contribution in [-0.4, -0.2) is 12.3 Å². The largest absolute Gasteiger partial charge is 0.443 e. The molecule has 2 rings (SSSR count). The van der Waals surface area contributed by atoms with Crippen molar-refractivity contribution in [2.75, 3.05) is 0 Å². The first-order chi connectivity index (χ1) is 9.24. The van der Waals surface area contributed by atoms with Gasteiger partial charge in [0.1, 0.15) is 6.61 Å². The minimum atomic E-state index is -0.579. The molecule has 0 fully saturated rings. The number of ether oxygens (including phenoxy) is 1. The second kappa shape index (κ2) is 6.50. The summed E-state index contributed by atoms with van der Waals surface area (Å²) >= 11 is 0. The van der Waals surface area contributed by atoms with E-state index in [2.05, 4.69) is 4.99 Å². The SMILES string of the molecule is Cc1ccc(/C=N/C(=O)OCc2ccccc2)cc1. The number of benzene rings is 2. The molecule has 0 radical (unpaired) electrons. The zero-order chi connectivity index (χ0) is 13.5. The summed E-state index contributed by atoms with van der Waals surface area (Å²) in [6.07, 6.45) is 0.927. The van der Waals surface area contributed by atoms with Gasteiger partial charge in [0.15, 0.2) is 0 Å². The second-order valence-electron chi connectivity index (χ2n) is 4.21. The third-order valence-electron chi connectivity index (χ3n) is 2.60. The van der Waals surface area contributed by atoms with Gasteiger partial charge in [-0.15, -0.1) is 0 Å². The molecule has 0 aliphatic rings. The summed E-state index contributed by atoms with van der Waals surface area (Å²) in [6, 6.07) is 17.3. The van der Waals surface area contributed by atoms with E-state index < -0.39 is 6.09 Å². The number of aryl methyl sites for hydroxylation is 1. The molecule has 0 saturated heterocycles. The third kappa shape index (κ3) is 4.39. The summed E-state index contributed by atoms with van der Waals surface area (Å²) in [5.74, 6) is 0. The van der Waals surface area contributed by atoms with Crippen molar-refractivity contribution in [1.82, 2.24) is 0 Å². The van der Waals surface area contributed by atoms with Crippen molar-refractivity contribution in [2.24, 2.45) is 4.99 Å². The van der Waals surface area contributed by atoms with Crippen LogP contribution in [0.1, 0.15) is 16.7 Å². The molecule has 0 saturated carbocycles. The van der Waals surface area contributed by atoms with Gasteiger partial charge in [-0.1, -0.05) is 60.2 Å². The van der Waals surface area contributed by atoms with Crippen LogP contribution in [0.4, 0.5) is 4.79 Å². The Hall–Kier alpha value is -2.42. The van der Waals surface area contributed by atoms with Gasteiger partial charge in [0.05, 0.1) is 0 Å². The van der Waals surface area contributed by atoms with E-state index in [9.17, 15) is 4.79 Å². The van der Waals surface area contributed by atoms with E-state index >= 15 is 0 Å². The first-order valence-corrected chi connectivity index (χ1v) is 6.05. The van der Waals surface area contributed by atoms with Crippen LogP contribution < -0.4 is 0 Å². The molecule has 3 nitrogen and oxygen atoms in total. The molecule has 0 spiro atoms. The number of amides is 1. The van der Waals surface area contributed by atoms with Crippen molar-refractivity contribution >= 4 is 12.3 Å². The average molecular weight is 253 g/mol. The van der Waals surface area contributed by atoms with E-state index in [0.29, 0.717) is 0 Å². The smallest absolute Gasteiger partial charge is 0.433 e. The van der Waals surface area contributed by atoms with Crippen LogP contribution in [0.5, 0.6) is 0 Å². The van der Waals surface area contributed by atoms with Gasteiger partial charge in [-0.05, 0) is 18.1 Å². The van der Waals surface area contributed by atoms with E-state index in [4.69, 9.17) is 4.74 Å². The summed E-state index contributed by atoms with van der Waals surface area (Å²) in [7, 11) is 0. The monoisotopic (exact) mass is 253 g/mol. The topological polar surface area (TPSA) is 38.7 Å². The normalized spacial score (nSPS) is 10.6. The van der Waals surface area contributed by atoms with Gasteiger partial charge >= 0.3 is 6.09 Å². The molecular weight excluding hydrogens is 238 g/mol. The Kier molecular flexibility index (Phi) is 4.45. The summed E-state index contributed by atoms with van der Waals surface area (Å²) in [4.78, 5) is 15.2. The number of hydrogen-bond donors (Lipinski definition) is 0. The first-order valence-electron chi connectivity index (χ1n) is 6.05. The maximum Gasteiger partial charge on any atom is 0.433 e. The fourth-order valence-corrected chi connectivity index (χ4v) is 1.54. The fourth-order valence-electron chi connectivity index (χ4n) is 1.54. The first kappa shape index (κ1) is 13.0. The highest BCUT2D eigenvalue weighted by Crippen LogP contribution is 2.03. The van der Waals surface area contributed by atoms with Crippen LogP contribution in [0, 0.1) is 6.92 Å². The molecule has 3 heteroatoms. The van der Waals surface area contributed by atoms with Crippen molar-refractivity contribution in [2.45, 2.75) is 13.5 Å². The van der Waals surface area contributed by atoms with Gasteiger partial charge in [-0.2, -0.15) is 4.99 Å². The van der Waals surface area contributed by atoms with Crippen LogP contribution in [0.25, 0.3) is 0 Å². The van der Waals surface area contributed by atoms with E-state index in [1.807, 2.05) is 61.5 Å². The molecule has 2 aromatic carbocycles. The molecular formula is C16H15NO2. The summed E-state index contributed by atoms with van der Waals surface area (Å²) in [5, 5.41) is 0. The van der Waals surface area contributed by atoms with Crippen LogP contribution in [0.3, 0.4) is 0 Å². The molecule has 1 amide bonds. The van der Waals surface area contributed by atoms with E-state index in [-0.39, 0.29) is 6.61 Å². The van der Waals surface area contributed by atoms with Gasteiger partial charge in [0.2, 0.25) is 0 Å². The van der Waals surface area contributed by atoms with Gasteiger partial charge in [0.25, 0.3) is 0 Å². The summed E-state index contributed by atoms with van der Waals surface area (Å²) in [6.45, 7) is 2.25. The number of rotatable bonds is 3. The van der Waals surface area contributed by atoms with Crippen LogP contribution in [0.2, 0.25) is 0 Å². The summed E-state index contributed by atoms with van der Waals surface area (Å²) in [5.41, 5.74) is 2.99. The van der Waals surface area contributed by atoms with Gasteiger partial charge in [-0.3, -0.25) is 0 Å². The van der Waals surface area contributed by atoms with Gasteiger partial charge in [-0.25, -0.2) is 4.79 Å². The Morgan fingerprint density at radius 2 is 1.79 bits per heavy atom. The predicted molar refractivity (Wildman–Crippen MR) is 75.4 cm³/mol. The quantitative estimate of drug-likeness (QED) is 0.781. The van der Waals surface area contributed by atoms with Crippen molar-refractivity contribution < 1.29 is 9.53 Å². The standard InChI is InChI=1S/C16H15NO2/c1-13-7-9-14(10-8-13)11-17-16(18)19-12-15-5-3-2-4-6-15/h2-11H,12H2,1H3/b17-11+. The van der Waals surface area contributed by atoms with E-state index in [1.54, 1.807) is 0 Å². The van der Waals surface area contributed by atoms with Crippen LogP contribution >= 0.6 is 0 Å². The number of nitrogens with zero attached hydrogens (tertiary/aromatic N) is 1. The molecule has 0 atom stereocenters. The molecule has 0 bridgehead atoms. The van der Waals surface area contributed by atoms with Crippen molar-refractivity contribution in [1.29, 1.82) is 0 Å². The Morgan fingerprint density at radius 1 is 1.11 bits per heavy atom. The Morgan fingerprint density at radius 3 is 2.47 bits per heavy atom. The van der Waals surface area contributed by atoms with Crippen molar-refractivity contribution in [3.63, 3.8) is 0 Å². The fraction of sp³-hybridized carbons (Fsp3) is 0.125. The minimum absolute atomic E-state index is 0.241. The highest BCUT2D eigenvalue weighted by Gasteiger charge is 1.99. The lowest BCUT2D eigenvalue weighted by Crippen LogP contribution is -1.99. The lowest BCUT2D eigenvalue weighted by atomic mass is 10.2. The third-order valence-corrected chi connectivity index (χ3v) is 2.60. The van der Waals surface area contributed by atoms with Gasteiger partial charge < -0.3 is 4.74 Å². The zero-order valence-electron chi connectivity index (χ0n) is 10.7. The molecule has 96 valence electrons. The molecule has 0 unspecified atom stereocenters. The number of hydrogen-bond acceptors (Lipinski definition) is 2. The molecule has 0 N–H and O–H groups in total. The minimum Gasteiger partial charge on any atom is -0.443 e. The van der Waals surface area contributed by atoms with Crippen LogP contribution in [0.15, 0.2) is 59.6 Å². The highest BCUT2D eigenvalue weighted by molar-refractivity contribution is 5.88. The summed E-state index contributed by atoms with van der Waals surface area (Å²) < 4.78 is 5.04. The molecule has 2 aromatic rings. The molecule has 0 aromatic heterocycles. The lowest BCUT2D eigenvalue weighted by molar-refractivity contribution is 0.151. The number of carbonyl (C=O) groups is 1. The molecule has 19 heavy (non-hydrogen) atoms. The predicted octanol–water partition coefficient (Wildman–Crippen LogP) is 3.75. The Balaban J connectivity index is 1.86. The van der Waals surface area contributed by atoms with Gasteiger partial charge in [0, 0.05) is 6.21 Å². The maximum atomic E-state index is 11.4. The molecule has 0 aliphatic carbocycles. The molecule has 0 aliphatic heterocycles. The van der Waals surface area contributed by atoms with E-state index in [0.717, 1.165) is 11.1 Å². The van der Waals surface area contributed by atoms with E-state index in [1.165, 1.54) is 11.8 Å².